The van der Waals surface area contributed by atoms with Crippen molar-refractivity contribution in [2.75, 3.05) is 6.54 Å². The molecule has 1 aromatic carbocycles. The molecule has 0 spiro atoms. The van der Waals surface area contributed by atoms with Gasteiger partial charge >= 0.3 is 0 Å². The van der Waals surface area contributed by atoms with Crippen molar-refractivity contribution in [3.05, 3.63) is 45.5 Å². The maximum absolute atomic E-state index is 13.3. The predicted octanol–water partition coefficient (Wildman–Crippen LogP) is 4.25. The van der Waals surface area contributed by atoms with Crippen LogP contribution in [0.3, 0.4) is 0 Å². The molecule has 0 radical (unpaired) electrons. The third kappa shape index (κ3) is 3.02. The molecular weight excluding hydrogens is 348 g/mol. The monoisotopic (exact) mass is 372 g/mol. The zero-order valence-corrected chi connectivity index (χ0v) is 16.2. The van der Waals surface area contributed by atoms with Gasteiger partial charge in [-0.15, -0.1) is 10.2 Å². The molecule has 1 atom stereocenters. The van der Waals surface area contributed by atoms with Crippen LogP contribution < -0.4 is 0 Å². The maximum Gasteiger partial charge on any atom is 0.255 e. The number of hydrogen-bond acceptors (Lipinski definition) is 3. The second kappa shape index (κ2) is 7.03. The summed E-state index contributed by atoms with van der Waals surface area (Å²) in [6.07, 6.45) is 6.37. The number of piperidine rings is 1. The molecule has 2 aromatic rings. The average molecular weight is 373 g/mol. The number of nitrogens with zero attached hydrogens (tertiary/aromatic N) is 4. The van der Waals surface area contributed by atoms with Gasteiger partial charge in [0.1, 0.15) is 5.82 Å². The molecule has 0 unspecified atom stereocenters. The summed E-state index contributed by atoms with van der Waals surface area (Å²) >= 11 is 6.42. The third-order valence-electron chi connectivity index (χ3n) is 5.76. The Morgan fingerprint density at radius 3 is 2.69 bits per heavy atom. The number of aryl methyl sites for hydroxylation is 3. The van der Waals surface area contributed by atoms with Crippen molar-refractivity contribution in [2.45, 2.75) is 65.0 Å². The van der Waals surface area contributed by atoms with E-state index in [0.717, 1.165) is 68.0 Å². The molecular formula is C20H25ClN4O. The molecule has 2 aliphatic rings. The summed E-state index contributed by atoms with van der Waals surface area (Å²) in [5.41, 5.74) is 2.79. The van der Waals surface area contributed by atoms with Gasteiger partial charge < -0.3 is 9.47 Å². The summed E-state index contributed by atoms with van der Waals surface area (Å²) in [4.78, 5) is 15.3. The fourth-order valence-corrected chi connectivity index (χ4v) is 4.42. The van der Waals surface area contributed by atoms with Crippen molar-refractivity contribution in [1.82, 2.24) is 19.7 Å². The van der Waals surface area contributed by atoms with Gasteiger partial charge in [0.15, 0.2) is 5.82 Å². The summed E-state index contributed by atoms with van der Waals surface area (Å²) in [7, 11) is 0. The highest BCUT2D eigenvalue weighted by Gasteiger charge is 2.34. The van der Waals surface area contributed by atoms with Crippen molar-refractivity contribution >= 4 is 17.5 Å². The highest BCUT2D eigenvalue weighted by Crippen LogP contribution is 2.34. The van der Waals surface area contributed by atoms with Crippen LogP contribution in [0.25, 0.3) is 0 Å². The standard InChI is InChI=1S/C20H25ClN4O/c1-13-11-15(16(21)12-14(13)2)20(26)24-9-5-3-7-17(24)19-23-22-18-8-4-6-10-25(18)19/h11-12,17H,3-10H2,1-2H3/t17-/m0/s1. The smallest absolute Gasteiger partial charge is 0.255 e. The normalized spacial score (nSPS) is 20.1. The number of aromatic nitrogens is 3. The maximum atomic E-state index is 13.3. The van der Waals surface area contributed by atoms with E-state index in [-0.39, 0.29) is 11.9 Å². The summed E-state index contributed by atoms with van der Waals surface area (Å²) in [5, 5.41) is 9.41. The second-order valence-corrected chi connectivity index (χ2v) is 7.92. The number of hydrogen-bond donors (Lipinski definition) is 0. The molecule has 1 amide bonds. The van der Waals surface area contributed by atoms with Crippen molar-refractivity contribution < 1.29 is 4.79 Å². The Labute approximate surface area is 159 Å². The fourth-order valence-electron chi connectivity index (χ4n) is 4.12. The van der Waals surface area contributed by atoms with Crippen LogP contribution in [0, 0.1) is 13.8 Å². The summed E-state index contributed by atoms with van der Waals surface area (Å²) in [5.74, 6) is 2.03. The molecule has 2 aliphatic heterocycles. The Bertz CT molecular complexity index is 845. The lowest BCUT2D eigenvalue weighted by molar-refractivity contribution is 0.0593. The van der Waals surface area contributed by atoms with Gasteiger partial charge in [0.05, 0.1) is 16.6 Å². The van der Waals surface area contributed by atoms with E-state index in [9.17, 15) is 4.79 Å². The van der Waals surface area contributed by atoms with Crippen molar-refractivity contribution in [2.24, 2.45) is 0 Å². The van der Waals surface area contributed by atoms with E-state index in [1.54, 1.807) is 0 Å². The molecule has 0 aliphatic carbocycles. The van der Waals surface area contributed by atoms with E-state index < -0.39 is 0 Å². The fraction of sp³-hybridized carbons (Fsp3) is 0.550. The molecule has 4 rings (SSSR count). The van der Waals surface area contributed by atoms with E-state index in [1.807, 2.05) is 30.9 Å². The van der Waals surface area contributed by atoms with Gasteiger partial charge in [0.2, 0.25) is 0 Å². The van der Waals surface area contributed by atoms with Crippen LogP contribution in [0.2, 0.25) is 5.02 Å². The first-order chi connectivity index (χ1) is 12.6. The Kier molecular flexibility index (Phi) is 4.74. The lowest BCUT2D eigenvalue weighted by Gasteiger charge is -2.36. The van der Waals surface area contributed by atoms with Crippen LogP contribution in [0.4, 0.5) is 0 Å². The number of carbonyl (C=O) groups excluding carboxylic acids is 1. The molecule has 0 bridgehead atoms. The average Bonchev–Trinajstić information content (AvgIpc) is 3.08. The molecule has 1 aromatic heterocycles. The zero-order chi connectivity index (χ0) is 18.3. The first-order valence-electron chi connectivity index (χ1n) is 9.56. The molecule has 6 heteroatoms. The summed E-state index contributed by atoms with van der Waals surface area (Å²) < 4.78 is 2.24. The molecule has 5 nitrogen and oxygen atoms in total. The summed E-state index contributed by atoms with van der Waals surface area (Å²) in [6, 6.07) is 3.81. The number of rotatable bonds is 2. The Balaban J connectivity index is 1.69. The largest absolute Gasteiger partial charge is 0.328 e. The van der Waals surface area contributed by atoms with Gasteiger partial charge in [-0.25, -0.2) is 0 Å². The van der Waals surface area contributed by atoms with E-state index in [2.05, 4.69) is 14.8 Å². The quantitative estimate of drug-likeness (QED) is 0.791. The van der Waals surface area contributed by atoms with Gasteiger partial charge in [-0.2, -0.15) is 0 Å². The number of benzene rings is 1. The van der Waals surface area contributed by atoms with Gasteiger partial charge in [0, 0.05) is 19.5 Å². The minimum Gasteiger partial charge on any atom is -0.328 e. The lowest BCUT2D eigenvalue weighted by Crippen LogP contribution is -2.40. The molecule has 3 heterocycles. The SMILES string of the molecule is Cc1cc(Cl)c(C(=O)N2CCCC[C@H]2c2nnc3n2CCCC3)cc1C. The van der Waals surface area contributed by atoms with Crippen LogP contribution >= 0.6 is 11.6 Å². The molecule has 138 valence electrons. The lowest BCUT2D eigenvalue weighted by atomic mass is 9.98. The predicted molar refractivity (Wildman–Crippen MR) is 102 cm³/mol. The Morgan fingerprint density at radius 1 is 1.08 bits per heavy atom. The van der Waals surface area contributed by atoms with E-state index in [4.69, 9.17) is 11.6 Å². The van der Waals surface area contributed by atoms with Crippen molar-refractivity contribution in [3.8, 4) is 0 Å². The molecule has 0 saturated carbocycles. The van der Waals surface area contributed by atoms with Gasteiger partial charge in [-0.3, -0.25) is 4.79 Å². The first-order valence-corrected chi connectivity index (χ1v) is 9.93. The molecule has 1 saturated heterocycles. The van der Waals surface area contributed by atoms with Gasteiger partial charge in [-0.1, -0.05) is 11.6 Å². The number of likely N-dealkylation sites (tertiary alicyclic amines) is 1. The molecule has 0 N–H and O–H groups in total. The Hall–Kier alpha value is -1.88. The van der Waals surface area contributed by atoms with Crippen LogP contribution in [0.15, 0.2) is 12.1 Å². The van der Waals surface area contributed by atoms with E-state index in [0.29, 0.717) is 10.6 Å². The number of carbonyl (C=O) groups is 1. The topological polar surface area (TPSA) is 51.0 Å². The highest BCUT2D eigenvalue weighted by molar-refractivity contribution is 6.34. The van der Waals surface area contributed by atoms with Gasteiger partial charge in [0.25, 0.3) is 5.91 Å². The zero-order valence-electron chi connectivity index (χ0n) is 15.5. The van der Waals surface area contributed by atoms with Crippen LogP contribution in [0.5, 0.6) is 0 Å². The van der Waals surface area contributed by atoms with E-state index in [1.165, 1.54) is 6.42 Å². The van der Waals surface area contributed by atoms with Crippen LogP contribution in [0.1, 0.15) is 71.3 Å². The first kappa shape index (κ1) is 17.5. The molecule has 26 heavy (non-hydrogen) atoms. The molecule has 1 fully saturated rings. The minimum atomic E-state index is -0.00623. The minimum absolute atomic E-state index is 0.00623. The highest BCUT2D eigenvalue weighted by atomic mass is 35.5. The Morgan fingerprint density at radius 2 is 1.85 bits per heavy atom. The third-order valence-corrected chi connectivity index (χ3v) is 6.08. The number of fused-ring (bicyclic) bond motifs is 1. The number of halogens is 1. The number of amides is 1. The van der Waals surface area contributed by atoms with Crippen molar-refractivity contribution in [1.29, 1.82) is 0 Å². The van der Waals surface area contributed by atoms with Crippen LogP contribution in [-0.2, 0) is 13.0 Å². The van der Waals surface area contributed by atoms with E-state index >= 15 is 0 Å². The van der Waals surface area contributed by atoms with Gasteiger partial charge in [-0.05, 0) is 69.2 Å². The summed E-state index contributed by atoms with van der Waals surface area (Å²) in [6.45, 7) is 5.74. The van der Waals surface area contributed by atoms with Crippen LogP contribution in [-0.4, -0.2) is 32.1 Å². The van der Waals surface area contributed by atoms with Crippen molar-refractivity contribution in [3.63, 3.8) is 0 Å². The second-order valence-electron chi connectivity index (χ2n) is 7.51.